The number of nitrogens with zero attached hydrogens (tertiary/aromatic N) is 2. The average Bonchev–Trinajstić information content (AvgIpc) is 2.83. The first-order valence-electron chi connectivity index (χ1n) is 11.4. The number of benzene rings is 2. The van der Waals surface area contributed by atoms with Crippen LogP contribution in [0.4, 0.5) is 5.69 Å². The Balaban J connectivity index is 1.90. The minimum absolute atomic E-state index is 0.144. The SMILES string of the molecule is CCc1ccccc1NC(=S)N(CCCN(C)C)Cc1cc2cc(OC)c(OC)cc2[nH]c1=O. The predicted octanol–water partition coefficient (Wildman–Crippen LogP) is 4.26. The molecule has 0 unspecified atom stereocenters. The van der Waals surface area contributed by atoms with Crippen molar-refractivity contribution >= 4 is 33.9 Å². The summed E-state index contributed by atoms with van der Waals surface area (Å²) in [5.41, 5.74) is 3.38. The Labute approximate surface area is 206 Å². The molecule has 0 radical (unpaired) electrons. The van der Waals surface area contributed by atoms with Crippen molar-refractivity contribution in [2.75, 3.05) is 46.7 Å². The molecule has 7 nitrogen and oxygen atoms in total. The largest absolute Gasteiger partial charge is 0.493 e. The number of thiocarbonyl (C=S) groups is 1. The summed E-state index contributed by atoms with van der Waals surface area (Å²) in [7, 11) is 7.27. The molecule has 0 amide bonds. The van der Waals surface area contributed by atoms with E-state index >= 15 is 0 Å². The van der Waals surface area contributed by atoms with Crippen molar-refractivity contribution < 1.29 is 9.47 Å². The molecule has 3 aromatic rings. The number of aryl methyl sites for hydroxylation is 1. The van der Waals surface area contributed by atoms with Crippen molar-refractivity contribution in [1.29, 1.82) is 0 Å². The Hall–Kier alpha value is -3.10. The van der Waals surface area contributed by atoms with E-state index in [9.17, 15) is 4.79 Å². The second-order valence-electron chi connectivity index (χ2n) is 8.44. The maximum absolute atomic E-state index is 13.0. The highest BCUT2D eigenvalue weighted by atomic mass is 32.1. The summed E-state index contributed by atoms with van der Waals surface area (Å²) in [6.07, 6.45) is 1.82. The lowest BCUT2D eigenvalue weighted by molar-refractivity contribution is 0.346. The lowest BCUT2D eigenvalue weighted by atomic mass is 10.1. The first-order valence-corrected chi connectivity index (χ1v) is 11.8. The van der Waals surface area contributed by atoms with Gasteiger partial charge in [0.05, 0.1) is 26.3 Å². The fraction of sp³-hybridized carbons (Fsp3) is 0.385. The van der Waals surface area contributed by atoms with Gasteiger partial charge >= 0.3 is 0 Å². The Kier molecular flexibility index (Phi) is 8.90. The third-order valence-corrected chi connectivity index (χ3v) is 6.11. The zero-order chi connectivity index (χ0) is 24.7. The molecule has 1 heterocycles. The molecule has 182 valence electrons. The molecular weight excluding hydrogens is 448 g/mol. The highest BCUT2D eigenvalue weighted by Crippen LogP contribution is 2.31. The van der Waals surface area contributed by atoms with Crippen LogP contribution < -0.4 is 20.3 Å². The molecule has 0 bridgehead atoms. The van der Waals surface area contributed by atoms with Crippen LogP contribution >= 0.6 is 12.2 Å². The van der Waals surface area contributed by atoms with E-state index in [0.29, 0.717) is 34.2 Å². The monoisotopic (exact) mass is 482 g/mol. The number of anilines is 1. The number of H-pyrrole nitrogens is 1. The molecule has 0 spiro atoms. The zero-order valence-corrected chi connectivity index (χ0v) is 21.4. The van der Waals surface area contributed by atoms with Crippen LogP contribution in [0.1, 0.15) is 24.5 Å². The molecule has 2 aromatic carbocycles. The standard InChI is InChI=1S/C26H34N4O3S/c1-6-18-10-7-8-11-21(18)28-26(34)30(13-9-12-29(2)3)17-20-14-19-15-23(32-4)24(33-5)16-22(19)27-25(20)31/h7-8,10-11,14-16H,6,9,12-13,17H2,1-5H3,(H,27,31)(H,28,34). The number of hydrogen-bond donors (Lipinski definition) is 2. The molecule has 0 saturated heterocycles. The molecule has 1 aromatic heterocycles. The quantitative estimate of drug-likeness (QED) is 0.419. The molecule has 0 aliphatic heterocycles. The Morgan fingerprint density at radius 3 is 2.41 bits per heavy atom. The number of aromatic nitrogens is 1. The average molecular weight is 483 g/mol. The van der Waals surface area contributed by atoms with E-state index in [1.165, 1.54) is 5.56 Å². The van der Waals surface area contributed by atoms with Gasteiger partial charge in [-0.2, -0.15) is 0 Å². The minimum Gasteiger partial charge on any atom is -0.493 e. The Morgan fingerprint density at radius 1 is 1.03 bits per heavy atom. The third-order valence-electron chi connectivity index (χ3n) is 5.75. The van der Waals surface area contributed by atoms with Gasteiger partial charge in [-0.25, -0.2) is 0 Å². The van der Waals surface area contributed by atoms with Gasteiger partial charge in [0, 0.05) is 29.2 Å². The van der Waals surface area contributed by atoms with Gasteiger partial charge in [-0.1, -0.05) is 25.1 Å². The number of hydrogen-bond acceptors (Lipinski definition) is 5. The minimum atomic E-state index is -0.144. The lowest BCUT2D eigenvalue weighted by Gasteiger charge is -2.27. The first-order chi connectivity index (χ1) is 16.4. The van der Waals surface area contributed by atoms with E-state index in [4.69, 9.17) is 21.7 Å². The molecule has 0 atom stereocenters. The van der Waals surface area contributed by atoms with E-state index in [1.54, 1.807) is 20.3 Å². The predicted molar refractivity (Wildman–Crippen MR) is 143 cm³/mol. The highest BCUT2D eigenvalue weighted by molar-refractivity contribution is 7.80. The van der Waals surface area contributed by atoms with Gasteiger partial charge < -0.3 is 29.6 Å². The summed E-state index contributed by atoms with van der Waals surface area (Å²) < 4.78 is 10.8. The number of nitrogens with one attached hydrogen (secondary N) is 2. The molecule has 3 rings (SSSR count). The Morgan fingerprint density at radius 2 is 1.74 bits per heavy atom. The second-order valence-corrected chi connectivity index (χ2v) is 8.82. The van der Waals surface area contributed by atoms with E-state index in [1.807, 2.05) is 44.4 Å². The normalized spacial score (nSPS) is 11.0. The summed E-state index contributed by atoms with van der Waals surface area (Å²) >= 11 is 5.81. The molecule has 34 heavy (non-hydrogen) atoms. The fourth-order valence-corrected chi connectivity index (χ4v) is 4.14. The maximum Gasteiger partial charge on any atom is 0.253 e. The number of fused-ring (bicyclic) bond motifs is 1. The summed E-state index contributed by atoms with van der Waals surface area (Å²) in [6.45, 7) is 4.17. The van der Waals surface area contributed by atoms with E-state index in [0.717, 1.165) is 37.0 Å². The van der Waals surface area contributed by atoms with Crippen molar-refractivity contribution in [2.45, 2.75) is 26.3 Å². The third kappa shape index (κ3) is 6.27. The summed E-state index contributed by atoms with van der Waals surface area (Å²) in [4.78, 5) is 20.1. The first kappa shape index (κ1) is 25.5. The van der Waals surface area contributed by atoms with Crippen LogP contribution in [-0.4, -0.2) is 61.3 Å². The number of pyridine rings is 1. The lowest BCUT2D eigenvalue weighted by Crippen LogP contribution is -2.37. The van der Waals surface area contributed by atoms with Gasteiger partial charge in [-0.05, 0) is 69.5 Å². The van der Waals surface area contributed by atoms with E-state index < -0.39 is 0 Å². The van der Waals surface area contributed by atoms with Crippen molar-refractivity contribution in [1.82, 2.24) is 14.8 Å². The van der Waals surface area contributed by atoms with Gasteiger partial charge in [0.1, 0.15) is 0 Å². The topological polar surface area (TPSA) is 69.8 Å². The highest BCUT2D eigenvalue weighted by Gasteiger charge is 2.16. The van der Waals surface area contributed by atoms with E-state index in [2.05, 4.69) is 33.1 Å². The van der Waals surface area contributed by atoms with Crippen LogP contribution in [0, 0.1) is 0 Å². The summed E-state index contributed by atoms with van der Waals surface area (Å²) in [6, 6.07) is 13.7. The van der Waals surface area contributed by atoms with Crippen LogP contribution in [0.25, 0.3) is 10.9 Å². The van der Waals surface area contributed by atoms with Crippen molar-refractivity contribution in [3.8, 4) is 11.5 Å². The fourth-order valence-electron chi connectivity index (χ4n) is 3.88. The van der Waals surface area contributed by atoms with Crippen LogP contribution in [-0.2, 0) is 13.0 Å². The van der Waals surface area contributed by atoms with Gasteiger partial charge in [-0.3, -0.25) is 4.79 Å². The number of para-hydroxylation sites is 1. The number of rotatable bonds is 10. The molecule has 0 aliphatic carbocycles. The van der Waals surface area contributed by atoms with Crippen molar-refractivity contribution in [2.24, 2.45) is 0 Å². The van der Waals surface area contributed by atoms with Gasteiger partial charge in [0.2, 0.25) is 0 Å². The molecule has 0 fully saturated rings. The van der Waals surface area contributed by atoms with Crippen LogP contribution in [0.3, 0.4) is 0 Å². The van der Waals surface area contributed by atoms with Crippen molar-refractivity contribution in [3.05, 3.63) is 63.9 Å². The summed E-state index contributed by atoms with van der Waals surface area (Å²) in [5.74, 6) is 1.19. The van der Waals surface area contributed by atoms with E-state index in [-0.39, 0.29) is 5.56 Å². The molecule has 0 saturated carbocycles. The second kappa shape index (κ2) is 11.9. The van der Waals surface area contributed by atoms with Crippen LogP contribution in [0.15, 0.2) is 47.3 Å². The summed E-state index contributed by atoms with van der Waals surface area (Å²) in [5, 5.41) is 4.88. The van der Waals surface area contributed by atoms with Gasteiger partial charge in [-0.15, -0.1) is 0 Å². The number of methoxy groups -OCH3 is 2. The number of aromatic amines is 1. The van der Waals surface area contributed by atoms with Crippen LogP contribution in [0.2, 0.25) is 0 Å². The maximum atomic E-state index is 13.0. The Bertz CT molecular complexity index is 1190. The zero-order valence-electron chi connectivity index (χ0n) is 20.6. The molecular formula is C26H34N4O3S. The van der Waals surface area contributed by atoms with Crippen molar-refractivity contribution in [3.63, 3.8) is 0 Å². The molecule has 8 heteroatoms. The van der Waals surface area contributed by atoms with Gasteiger partial charge in [0.25, 0.3) is 5.56 Å². The van der Waals surface area contributed by atoms with Crippen LogP contribution in [0.5, 0.6) is 11.5 Å². The van der Waals surface area contributed by atoms with Gasteiger partial charge in [0.15, 0.2) is 16.6 Å². The molecule has 0 aliphatic rings. The molecule has 2 N–H and O–H groups in total. The smallest absolute Gasteiger partial charge is 0.253 e. The number of ether oxygens (including phenoxy) is 2.